The van der Waals surface area contributed by atoms with E-state index in [9.17, 15) is 19.2 Å². The summed E-state index contributed by atoms with van der Waals surface area (Å²) in [7, 11) is 0. The minimum Gasteiger partial charge on any atom is -0.480 e. The van der Waals surface area contributed by atoms with Crippen LogP contribution in [0.15, 0.2) is 0 Å². The highest BCUT2D eigenvalue weighted by Gasteiger charge is 2.42. The lowest BCUT2D eigenvalue weighted by molar-refractivity contribution is -0.143. The topological polar surface area (TPSA) is 134 Å². The van der Waals surface area contributed by atoms with Crippen molar-refractivity contribution >= 4 is 24.1 Å². The first-order valence-corrected chi connectivity index (χ1v) is 11.5. The van der Waals surface area contributed by atoms with Gasteiger partial charge in [-0.15, -0.1) is 0 Å². The van der Waals surface area contributed by atoms with Crippen molar-refractivity contribution in [3.63, 3.8) is 0 Å². The van der Waals surface area contributed by atoms with Crippen molar-refractivity contribution in [1.29, 1.82) is 0 Å². The summed E-state index contributed by atoms with van der Waals surface area (Å²) in [6.45, 7) is 14.4. The van der Waals surface area contributed by atoms with Crippen LogP contribution in [-0.4, -0.2) is 79.5 Å². The van der Waals surface area contributed by atoms with Crippen LogP contribution in [0.5, 0.6) is 0 Å². The first-order chi connectivity index (χ1) is 15.0. The van der Waals surface area contributed by atoms with E-state index in [0.717, 1.165) is 12.8 Å². The van der Waals surface area contributed by atoms with Crippen LogP contribution in [0.4, 0.5) is 9.59 Å². The molecule has 2 amide bonds. The Balaban J connectivity index is 0.000000331. The van der Waals surface area contributed by atoms with Crippen LogP contribution in [-0.2, 0) is 19.1 Å². The van der Waals surface area contributed by atoms with E-state index in [4.69, 9.17) is 19.7 Å². The Hall–Kier alpha value is -2.52. The van der Waals surface area contributed by atoms with E-state index in [1.807, 2.05) is 13.8 Å². The molecule has 2 N–H and O–H groups in total. The Morgan fingerprint density at radius 1 is 0.758 bits per heavy atom. The number of rotatable bonds is 3. The largest absolute Gasteiger partial charge is 0.480 e. The maximum absolute atomic E-state index is 12.0. The van der Waals surface area contributed by atoms with Gasteiger partial charge in [0, 0.05) is 12.1 Å². The zero-order valence-electron chi connectivity index (χ0n) is 21.1. The Kier molecular flexibility index (Phi) is 9.56. The minimum absolute atomic E-state index is 0.0223. The van der Waals surface area contributed by atoms with E-state index in [1.165, 1.54) is 9.80 Å². The summed E-state index contributed by atoms with van der Waals surface area (Å²) in [4.78, 5) is 48.6. The molecule has 2 aliphatic heterocycles. The van der Waals surface area contributed by atoms with Crippen molar-refractivity contribution in [2.24, 2.45) is 0 Å². The second-order valence-electron chi connectivity index (χ2n) is 10.5. The molecule has 4 atom stereocenters. The van der Waals surface area contributed by atoms with Gasteiger partial charge in [-0.05, 0) is 80.6 Å². The van der Waals surface area contributed by atoms with Crippen LogP contribution in [0.3, 0.4) is 0 Å². The second kappa shape index (κ2) is 11.1. The SMILES string of the molecule is CC[C@H]1CC[C@@H](C(=O)O)N1C(=O)OC(C)(C)C.C[C@H]1CC[C@@H](C(=O)O)N1C(=O)OC(C)(C)C. The lowest BCUT2D eigenvalue weighted by atomic mass is 10.1. The fourth-order valence-electron chi connectivity index (χ4n) is 3.97. The Labute approximate surface area is 196 Å². The molecule has 0 unspecified atom stereocenters. The molecule has 0 radical (unpaired) electrons. The van der Waals surface area contributed by atoms with Gasteiger partial charge in [0.2, 0.25) is 0 Å². The highest BCUT2D eigenvalue weighted by atomic mass is 16.6. The number of carboxylic acids is 2. The number of amides is 2. The molecule has 2 rings (SSSR count). The Bertz CT molecular complexity index is 725. The van der Waals surface area contributed by atoms with Crippen LogP contribution in [0.2, 0.25) is 0 Å². The molecule has 2 saturated heterocycles. The zero-order valence-corrected chi connectivity index (χ0v) is 21.1. The Morgan fingerprint density at radius 2 is 1.15 bits per heavy atom. The van der Waals surface area contributed by atoms with Crippen LogP contribution < -0.4 is 0 Å². The molecular formula is C23H40N2O8. The minimum atomic E-state index is -0.963. The van der Waals surface area contributed by atoms with Gasteiger partial charge in [-0.2, -0.15) is 0 Å². The monoisotopic (exact) mass is 472 g/mol. The lowest BCUT2D eigenvalue weighted by Crippen LogP contribution is -2.47. The van der Waals surface area contributed by atoms with Crippen LogP contribution in [0, 0.1) is 0 Å². The number of carboxylic acid groups (broad SMARTS) is 2. The molecule has 0 aliphatic carbocycles. The van der Waals surface area contributed by atoms with Crippen molar-refractivity contribution in [2.45, 2.75) is 123 Å². The third kappa shape index (κ3) is 8.40. The zero-order chi connectivity index (χ0) is 25.7. The number of carbonyl (C=O) groups excluding carboxylic acids is 2. The standard InChI is InChI=1S/C12H21NO4.C11H19NO4/c1-5-8-6-7-9(10(14)15)13(8)11(16)17-12(2,3)4;1-7-5-6-8(9(13)14)12(7)10(15)16-11(2,3)4/h8-9H,5-7H2,1-4H3,(H,14,15);7-8H,5-6H2,1-4H3,(H,13,14)/t8-,9-;7-,8-/m00/s1. The maximum atomic E-state index is 12.0. The highest BCUT2D eigenvalue weighted by molar-refractivity contribution is 5.81. The predicted octanol–water partition coefficient (Wildman–Crippen LogP) is 4.11. The summed E-state index contributed by atoms with van der Waals surface area (Å²) in [6, 6.07) is -1.58. The lowest BCUT2D eigenvalue weighted by Gasteiger charge is -2.30. The summed E-state index contributed by atoms with van der Waals surface area (Å²) in [6.07, 6.45) is 2.13. The third-order valence-electron chi connectivity index (χ3n) is 5.42. The molecule has 0 saturated carbocycles. The van der Waals surface area contributed by atoms with Crippen molar-refractivity contribution in [1.82, 2.24) is 9.80 Å². The van der Waals surface area contributed by atoms with Crippen molar-refractivity contribution in [3.8, 4) is 0 Å². The summed E-state index contributed by atoms with van der Waals surface area (Å²) in [5.74, 6) is -1.91. The molecule has 0 aromatic carbocycles. The van der Waals surface area contributed by atoms with E-state index < -0.39 is 47.4 Å². The molecule has 190 valence electrons. The van der Waals surface area contributed by atoms with E-state index in [-0.39, 0.29) is 12.1 Å². The van der Waals surface area contributed by atoms with Gasteiger partial charge in [-0.25, -0.2) is 19.2 Å². The van der Waals surface area contributed by atoms with Crippen LogP contribution >= 0.6 is 0 Å². The predicted molar refractivity (Wildman–Crippen MR) is 121 cm³/mol. The van der Waals surface area contributed by atoms with Gasteiger partial charge in [0.15, 0.2) is 0 Å². The maximum Gasteiger partial charge on any atom is 0.411 e. The second-order valence-corrected chi connectivity index (χ2v) is 10.5. The fourth-order valence-corrected chi connectivity index (χ4v) is 3.97. The van der Waals surface area contributed by atoms with Crippen molar-refractivity contribution in [2.75, 3.05) is 0 Å². The van der Waals surface area contributed by atoms with E-state index in [1.54, 1.807) is 41.5 Å². The molecule has 0 bridgehead atoms. The van der Waals surface area contributed by atoms with Crippen molar-refractivity contribution in [3.05, 3.63) is 0 Å². The number of carbonyl (C=O) groups is 4. The number of likely N-dealkylation sites (tertiary alicyclic amines) is 2. The van der Waals surface area contributed by atoms with Gasteiger partial charge < -0.3 is 19.7 Å². The summed E-state index contributed by atoms with van der Waals surface area (Å²) in [5, 5.41) is 18.1. The van der Waals surface area contributed by atoms with Gasteiger partial charge in [0.1, 0.15) is 23.3 Å². The quantitative estimate of drug-likeness (QED) is 0.627. The van der Waals surface area contributed by atoms with E-state index >= 15 is 0 Å². The molecule has 0 aromatic heterocycles. The van der Waals surface area contributed by atoms with Crippen LogP contribution in [0.25, 0.3) is 0 Å². The normalized spacial score (nSPS) is 25.2. The Morgan fingerprint density at radius 3 is 1.55 bits per heavy atom. The highest BCUT2D eigenvalue weighted by Crippen LogP contribution is 2.29. The number of hydrogen-bond acceptors (Lipinski definition) is 6. The first-order valence-electron chi connectivity index (χ1n) is 11.5. The summed E-state index contributed by atoms with van der Waals surface area (Å²) in [5.41, 5.74) is -1.19. The number of nitrogens with zero attached hydrogens (tertiary/aromatic N) is 2. The number of hydrogen-bond donors (Lipinski definition) is 2. The molecule has 10 nitrogen and oxygen atoms in total. The molecular weight excluding hydrogens is 432 g/mol. The molecule has 10 heteroatoms. The summed E-state index contributed by atoms with van der Waals surface area (Å²) < 4.78 is 10.5. The molecule has 0 aromatic rings. The molecule has 0 spiro atoms. The van der Waals surface area contributed by atoms with E-state index in [2.05, 4.69) is 0 Å². The van der Waals surface area contributed by atoms with Gasteiger partial charge in [-0.3, -0.25) is 9.80 Å². The fraction of sp³-hybridized carbons (Fsp3) is 0.826. The van der Waals surface area contributed by atoms with Gasteiger partial charge in [-0.1, -0.05) is 6.92 Å². The number of aliphatic carboxylic acids is 2. The third-order valence-corrected chi connectivity index (χ3v) is 5.42. The van der Waals surface area contributed by atoms with Crippen LogP contribution in [0.1, 0.15) is 87.5 Å². The van der Waals surface area contributed by atoms with Gasteiger partial charge in [0.05, 0.1) is 0 Å². The number of ether oxygens (including phenoxy) is 2. The van der Waals surface area contributed by atoms with Gasteiger partial charge in [0.25, 0.3) is 0 Å². The molecule has 2 aliphatic rings. The van der Waals surface area contributed by atoms with Crippen molar-refractivity contribution < 1.29 is 38.9 Å². The average Bonchev–Trinajstić information content (AvgIpc) is 3.22. The molecule has 33 heavy (non-hydrogen) atoms. The van der Waals surface area contributed by atoms with Gasteiger partial charge >= 0.3 is 24.1 Å². The molecule has 2 fully saturated rings. The first kappa shape index (κ1) is 28.5. The van der Waals surface area contributed by atoms with E-state index in [0.29, 0.717) is 19.3 Å². The average molecular weight is 473 g/mol. The molecule has 2 heterocycles. The summed E-state index contributed by atoms with van der Waals surface area (Å²) >= 11 is 0. The smallest absolute Gasteiger partial charge is 0.411 e.